The molecule has 1 aliphatic heterocycles. The summed E-state index contributed by atoms with van der Waals surface area (Å²) >= 11 is 7.55. The Hall–Kier alpha value is -0.910. The molecule has 1 aromatic carbocycles. The van der Waals surface area contributed by atoms with Crippen LogP contribution >= 0.6 is 23.4 Å². The molecule has 0 bridgehead atoms. The van der Waals surface area contributed by atoms with Crippen LogP contribution < -0.4 is 5.73 Å². The van der Waals surface area contributed by atoms with Gasteiger partial charge in [0.2, 0.25) is 5.91 Å². The van der Waals surface area contributed by atoms with Gasteiger partial charge in [-0.3, -0.25) is 4.79 Å². The van der Waals surface area contributed by atoms with Gasteiger partial charge in [-0.15, -0.1) is 11.8 Å². The molecule has 1 heterocycles. The highest BCUT2D eigenvalue weighted by atomic mass is 35.5. The van der Waals surface area contributed by atoms with E-state index < -0.39 is 0 Å². The van der Waals surface area contributed by atoms with Gasteiger partial charge in [0.1, 0.15) is 0 Å². The van der Waals surface area contributed by atoms with Gasteiger partial charge in [0.05, 0.1) is 10.8 Å². The Kier molecular flexibility index (Phi) is 4.96. The van der Waals surface area contributed by atoms with Crippen molar-refractivity contribution < 1.29 is 4.79 Å². The zero-order valence-corrected chi connectivity index (χ0v) is 12.5. The molecular formula is C13H18ClN3OS. The average Bonchev–Trinajstić information content (AvgIpc) is 2.38. The van der Waals surface area contributed by atoms with Crippen molar-refractivity contribution in [3.63, 3.8) is 0 Å². The van der Waals surface area contributed by atoms with Gasteiger partial charge in [0, 0.05) is 36.8 Å². The number of hydrogen-bond acceptors (Lipinski definition) is 4. The van der Waals surface area contributed by atoms with Gasteiger partial charge in [0.25, 0.3) is 0 Å². The molecule has 2 N–H and O–H groups in total. The maximum atomic E-state index is 12.1. The van der Waals surface area contributed by atoms with E-state index in [0.717, 1.165) is 31.1 Å². The number of likely N-dealkylation sites (N-methyl/N-ethyl adjacent to an activating group) is 1. The smallest absolute Gasteiger partial charge is 0.233 e. The van der Waals surface area contributed by atoms with E-state index >= 15 is 0 Å². The number of nitrogens with zero attached hydrogens (tertiary/aromatic N) is 2. The average molecular weight is 300 g/mol. The lowest BCUT2D eigenvalue weighted by Crippen LogP contribution is -2.47. The van der Waals surface area contributed by atoms with E-state index in [2.05, 4.69) is 11.9 Å². The number of anilines is 1. The Morgan fingerprint density at radius 2 is 2.05 bits per heavy atom. The number of nitrogens with two attached hydrogens (primary N) is 1. The maximum absolute atomic E-state index is 12.1. The van der Waals surface area contributed by atoms with Gasteiger partial charge in [-0.1, -0.05) is 11.6 Å². The summed E-state index contributed by atoms with van der Waals surface area (Å²) in [7, 11) is 2.07. The molecular weight excluding hydrogens is 282 g/mol. The minimum Gasteiger partial charge on any atom is -0.399 e. The fourth-order valence-corrected chi connectivity index (χ4v) is 3.10. The van der Waals surface area contributed by atoms with Gasteiger partial charge in [-0.2, -0.15) is 0 Å². The van der Waals surface area contributed by atoms with Crippen LogP contribution in [0.3, 0.4) is 0 Å². The summed E-state index contributed by atoms with van der Waals surface area (Å²) in [6.45, 7) is 3.51. The Labute approximate surface area is 122 Å². The summed E-state index contributed by atoms with van der Waals surface area (Å²) in [6.07, 6.45) is 0. The zero-order chi connectivity index (χ0) is 13.8. The zero-order valence-electron chi connectivity index (χ0n) is 10.9. The third kappa shape index (κ3) is 4.03. The number of thioether (sulfide) groups is 1. The van der Waals surface area contributed by atoms with Crippen molar-refractivity contribution in [3.05, 3.63) is 23.2 Å². The van der Waals surface area contributed by atoms with Gasteiger partial charge >= 0.3 is 0 Å². The van der Waals surface area contributed by atoms with Crippen LogP contribution in [0.1, 0.15) is 0 Å². The highest BCUT2D eigenvalue weighted by Crippen LogP contribution is 2.28. The predicted octanol–water partition coefficient (Wildman–Crippen LogP) is 1.79. The Balaban J connectivity index is 1.86. The Morgan fingerprint density at radius 1 is 1.37 bits per heavy atom. The molecule has 0 aliphatic carbocycles. The summed E-state index contributed by atoms with van der Waals surface area (Å²) in [4.78, 5) is 17.1. The molecule has 1 aliphatic rings. The van der Waals surface area contributed by atoms with Crippen LogP contribution in [0.2, 0.25) is 5.02 Å². The monoisotopic (exact) mass is 299 g/mol. The number of rotatable bonds is 3. The van der Waals surface area contributed by atoms with Gasteiger partial charge < -0.3 is 15.5 Å². The summed E-state index contributed by atoms with van der Waals surface area (Å²) in [5.41, 5.74) is 6.28. The first-order valence-corrected chi connectivity index (χ1v) is 7.57. The quantitative estimate of drug-likeness (QED) is 0.683. The summed E-state index contributed by atoms with van der Waals surface area (Å²) < 4.78 is 0. The van der Waals surface area contributed by atoms with Crippen molar-refractivity contribution in [2.45, 2.75) is 4.90 Å². The lowest BCUT2D eigenvalue weighted by molar-refractivity contribution is -0.129. The predicted molar refractivity (Wildman–Crippen MR) is 80.7 cm³/mol. The molecule has 0 unspecified atom stereocenters. The molecule has 104 valence electrons. The lowest BCUT2D eigenvalue weighted by atomic mass is 10.3. The number of amides is 1. The molecule has 19 heavy (non-hydrogen) atoms. The van der Waals surface area contributed by atoms with E-state index in [1.54, 1.807) is 12.1 Å². The standard InChI is InChI=1S/C13H18ClN3OS/c1-16-4-6-17(7-5-16)13(18)9-19-12-3-2-10(15)8-11(12)14/h2-3,8H,4-7,9,15H2,1H3. The van der Waals surface area contributed by atoms with Crippen molar-refractivity contribution in [1.29, 1.82) is 0 Å². The molecule has 4 nitrogen and oxygen atoms in total. The van der Waals surface area contributed by atoms with E-state index in [0.29, 0.717) is 16.5 Å². The number of piperazine rings is 1. The molecule has 6 heteroatoms. The third-order valence-corrected chi connectivity index (χ3v) is 4.65. The summed E-state index contributed by atoms with van der Waals surface area (Å²) in [5.74, 6) is 0.596. The second kappa shape index (κ2) is 6.50. The van der Waals surface area contributed by atoms with Crippen LogP contribution in [-0.4, -0.2) is 54.7 Å². The van der Waals surface area contributed by atoms with E-state index in [9.17, 15) is 4.79 Å². The molecule has 0 aromatic heterocycles. The molecule has 1 amide bonds. The number of nitrogen functional groups attached to an aromatic ring is 1. The number of hydrogen-bond donors (Lipinski definition) is 1. The summed E-state index contributed by atoms with van der Waals surface area (Å²) in [6, 6.07) is 5.37. The molecule has 1 aromatic rings. The minimum absolute atomic E-state index is 0.172. The van der Waals surface area contributed by atoms with Crippen molar-refractivity contribution in [2.75, 3.05) is 44.7 Å². The lowest BCUT2D eigenvalue weighted by Gasteiger charge is -2.32. The van der Waals surface area contributed by atoms with Crippen molar-refractivity contribution in [2.24, 2.45) is 0 Å². The summed E-state index contributed by atoms with van der Waals surface area (Å²) in [5, 5.41) is 0.608. The number of carbonyl (C=O) groups excluding carboxylic acids is 1. The third-order valence-electron chi connectivity index (χ3n) is 3.16. The Bertz CT molecular complexity index is 461. The molecule has 2 rings (SSSR count). The van der Waals surface area contributed by atoms with Crippen molar-refractivity contribution in [3.8, 4) is 0 Å². The van der Waals surface area contributed by atoms with Crippen LogP contribution in [0.25, 0.3) is 0 Å². The maximum Gasteiger partial charge on any atom is 0.233 e. The van der Waals surface area contributed by atoms with E-state index in [1.165, 1.54) is 11.8 Å². The first-order valence-electron chi connectivity index (χ1n) is 6.20. The highest BCUT2D eigenvalue weighted by molar-refractivity contribution is 8.00. The van der Waals surface area contributed by atoms with E-state index in [1.807, 2.05) is 11.0 Å². The number of carbonyl (C=O) groups is 1. The van der Waals surface area contributed by atoms with E-state index in [4.69, 9.17) is 17.3 Å². The number of halogens is 1. The van der Waals surface area contributed by atoms with Crippen LogP contribution in [0, 0.1) is 0 Å². The fraction of sp³-hybridized carbons (Fsp3) is 0.462. The van der Waals surface area contributed by atoms with Crippen LogP contribution in [0.5, 0.6) is 0 Å². The normalized spacial score (nSPS) is 16.6. The van der Waals surface area contributed by atoms with Crippen LogP contribution in [-0.2, 0) is 4.79 Å². The van der Waals surface area contributed by atoms with Crippen LogP contribution in [0.15, 0.2) is 23.1 Å². The van der Waals surface area contributed by atoms with Gasteiger partial charge in [0.15, 0.2) is 0 Å². The van der Waals surface area contributed by atoms with Crippen LogP contribution in [0.4, 0.5) is 5.69 Å². The molecule has 0 atom stereocenters. The fourth-order valence-electron chi connectivity index (χ4n) is 1.92. The first-order chi connectivity index (χ1) is 9.06. The minimum atomic E-state index is 0.172. The molecule has 1 fully saturated rings. The van der Waals surface area contributed by atoms with Gasteiger partial charge in [-0.05, 0) is 25.2 Å². The second-order valence-corrected chi connectivity index (χ2v) is 6.09. The SMILES string of the molecule is CN1CCN(C(=O)CSc2ccc(N)cc2Cl)CC1. The largest absolute Gasteiger partial charge is 0.399 e. The van der Waals surface area contributed by atoms with Crippen molar-refractivity contribution in [1.82, 2.24) is 9.80 Å². The molecule has 0 spiro atoms. The van der Waals surface area contributed by atoms with Gasteiger partial charge in [-0.25, -0.2) is 0 Å². The Morgan fingerprint density at radius 3 is 2.68 bits per heavy atom. The van der Waals surface area contributed by atoms with Crippen molar-refractivity contribution >= 4 is 35.0 Å². The molecule has 0 radical (unpaired) electrons. The second-order valence-electron chi connectivity index (χ2n) is 4.66. The first kappa shape index (κ1) is 14.5. The molecule has 0 saturated carbocycles. The molecule has 1 saturated heterocycles. The number of benzene rings is 1. The topological polar surface area (TPSA) is 49.6 Å². The van der Waals surface area contributed by atoms with E-state index in [-0.39, 0.29) is 5.91 Å². The highest BCUT2D eigenvalue weighted by Gasteiger charge is 2.19.